The molecule has 0 atom stereocenters. The average molecular weight is 223 g/mol. The van der Waals surface area contributed by atoms with Gasteiger partial charge in [-0.25, -0.2) is 8.42 Å². The first-order valence-electron chi connectivity index (χ1n) is 4.06. The molecule has 14 heavy (non-hydrogen) atoms. The van der Waals surface area contributed by atoms with E-state index in [1.807, 2.05) is 0 Å². The van der Waals surface area contributed by atoms with Gasteiger partial charge in [-0.05, 0) is 6.92 Å². The summed E-state index contributed by atoms with van der Waals surface area (Å²) < 4.78 is 22.0. The Hall–Kier alpha value is -1.11. The molecule has 0 saturated heterocycles. The van der Waals surface area contributed by atoms with Crippen molar-refractivity contribution in [2.24, 2.45) is 0 Å². The Morgan fingerprint density at radius 1 is 1.36 bits per heavy atom. The molecule has 0 aliphatic rings. The topological polar surface area (TPSA) is 101 Å². The molecule has 0 radical (unpaired) electrons. The van der Waals surface area contributed by atoms with Crippen molar-refractivity contribution < 1.29 is 23.1 Å². The minimum atomic E-state index is -3.65. The number of carbonyl (C=O) groups excluding carboxylic acids is 1. The quantitative estimate of drug-likeness (QED) is 0.602. The van der Waals surface area contributed by atoms with E-state index in [0.29, 0.717) is 6.54 Å². The van der Waals surface area contributed by atoms with E-state index in [1.165, 1.54) is 0 Å². The molecule has 2 N–H and O–H groups in total. The molecule has 0 aromatic rings. The van der Waals surface area contributed by atoms with Gasteiger partial charge in [0.15, 0.2) is 9.84 Å². The van der Waals surface area contributed by atoms with Crippen molar-refractivity contribution >= 4 is 21.7 Å². The summed E-state index contributed by atoms with van der Waals surface area (Å²) in [7, 11) is -3.65. The maximum atomic E-state index is 11.0. The smallest absolute Gasteiger partial charge is 0.318 e. The van der Waals surface area contributed by atoms with Crippen LogP contribution >= 0.6 is 0 Å². The first-order chi connectivity index (χ1) is 6.37. The minimum absolute atomic E-state index is 0.191. The van der Waals surface area contributed by atoms with Crippen molar-refractivity contribution in [3.63, 3.8) is 0 Å². The largest absolute Gasteiger partial charge is 0.480 e. The highest BCUT2D eigenvalue weighted by Crippen LogP contribution is 1.94. The first-order valence-corrected chi connectivity index (χ1v) is 5.88. The van der Waals surface area contributed by atoms with Gasteiger partial charge in [0.2, 0.25) is 5.91 Å². The van der Waals surface area contributed by atoms with Crippen LogP contribution in [0.1, 0.15) is 13.3 Å². The maximum absolute atomic E-state index is 11.0. The third-order valence-corrected chi connectivity index (χ3v) is 2.87. The Morgan fingerprint density at radius 3 is 2.36 bits per heavy atom. The number of carboxylic acids is 1. The third-order valence-electron chi connectivity index (χ3n) is 1.36. The second-order valence-electron chi connectivity index (χ2n) is 2.69. The fourth-order valence-electron chi connectivity index (χ4n) is 0.794. The van der Waals surface area contributed by atoms with E-state index in [2.05, 4.69) is 5.32 Å². The van der Waals surface area contributed by atoms with Gasteiger partial charge in [-0.1, -0.05) is 0 Å². The van der Waals surface area contributed by atoms with Crippen LogP contribution in [0.25, 0.3) is 0 Å². The molecule has 0 rings (SSSR count). The Kier molecular flexibility index (Phi) is 5.14. The molecule has 0 heterocycles. The van der Waals surface area contributed by atoms with Crippen molar-refractivity contribution in [3.8, 4) is 0 Å². The van der Waals surface area contributed by atoms with Crippen molar-refractivity contribution in [2.45, 2.75) is 13.3 Å². The zero-order valence-electron chi connectivity index (χ0n) is 7.82. The number of amides is 1. The molecule has 1 amide bonds. The molecule has 0 fully saturated rings. The molecule has 0 aliphatic carbocycles. The second-order valence-corrected chi connectivity index (χ2v) is 4.87. The van der Waals surface area contributed by atoms with Gasteiger partial charge in [0.05, 0.1) is 5.75 Å². The van der Waals surface area contributed by atoms with E-state index >= 15 is 0 Å². The average Bonchev–Trinajstić information content (AvgIpc) is 1.99. The molecular formula is C7H13NO5S. The summed E-state index contributed by atoms with van der Waals surface area (Å²) in [6.07, 6.45) is -0.191. The van der Waals surface area contributed by atoms with E-state index in [-0.39, 0.29) is 12.3 Å². The van der Waals surface area contributed by atoms with Crippen LogP contribution in [0, 0.1) is 0 Å². The zero-order valence-corrected chi connectivity index (χ0v) is 8.63. The van der Waals surface area contributed by atoms with E-state index in [1.54, 1.807) is 6.92 Å². The lowest BCUT2D eigenvalue weighted by molar-refractivity contribution is -0.134. The van der Waals surface area contributed by atoms with Crippen molar-refractivity contribution in [1.29, 1.82) is 0 Å². The number of hydrogen-bond donors (Lipinski definition) is 2. The van der Waals surface area contributed by atoms with Crippen LogP contribution < -0.4 is 5.32 Å². The summed E-state index contributed by atoms with van der Waals surface area (Å²) >= 11 is 0. The Morgan fingerprint density at radius 2 is 1.93 bits per heavy atom. The molecule has 0 spiro atoms. The highest BCUT2D eigenvalue weighted by Gasteiger charge is 2.17. The third kappa shape index (κ3) is 6.41. The number of sulfone groups is 1. The number of aliphatic carboxylic acids is 1. The van der Waals surface area contributed by atoms with E-state index < -0.39 is 27.3 Å². The second kappa shape index (κ2) is 5.58. The minimum Gasteiger partial charge on any atom is -0.480 e. The molecular weight excluding hydrogens is 210 g/mol. The molecule has 0 bridgehead atoms. The van der Waals surface area contributed by atoms with Gasteiger partial charge in [0.1, 0.15) is 5.75 Å². The van der Waals surface area contributed by atoms with Crippen molar-refractivity contribution in [3.05, 3.63) is 0 Å². The predicted molar refractivity (Wildman–Crippen MR) is 49.6 cm³/mol. The standard InChI is InChI=1S/C7H13NO5S/c1-2-8-6(9)3-4-14(12,13)5-7(10)11/h2-5H2,1H3,(H,8,9)(H,10,11). The highest BCUT2D eigenvalue weighted by atomic mass is 32.2. The fourth-order valence-corrected chi connectivity index (χ4v) is 1.81. The lowest BCUT2D eigenvalue weighted by Gasteiger charge is -2.01. The van der Waals surface area contributed by atoms with Crippen LogP contribution in [-0.2, 0) is 19.4 Å². The highest BCUT2D eigenvalue weighted by molar-refractivity contribution is 7.92. The van der Waals surface area contributed by atoms with Gasteiger partial charge in [-0.2, -0.15) is 0 Å². The molecule has 82 valence electrons. The first kappa shape index (κ1) is 12.9. The van der Waals surface area contributed by atoms with Gasteiger partial charge in [-0.3, -0.25) is 9.59 Å². The number of carboxylic acid groups (broad SMARTS) is 1. The van der Waals surface area contributed by atoms with Crippen LogP contribution in [0.2, 0.25) is 0 Å². The summed E-state index contributed by atoms with van der Waals surface area (Å²) in [6, 6.07) is 0. The Balaban J connectivity index is 4.00. The zero-order chi connectivity index (χ0) is 11.2. The molecule has 0 aliphatic heterocycles. The van der Waals surface area contributed by atoms with E-state index in [0.717, 1.165) is 0 Å². The molecule has 7 heteroatoms. The molecule has 0 aromatic carbocycles. The molecule has 0 saturated carbocycles. The van der Waals surface area contributed by atoms with Gasteiger partial charge in [0, 0.05) is 13.0 Å². The van der Waals surface area contributed by atoms with Crippen LogP contribution in [0.15, 0.2) is 0 Å². The monoisotopic (exact) mass is 223 g/mol. The summed E-state index contributed by atoms with van der Waals surface area (Å²) in [6.45, 7) is 2.14. The van der Waals surface area contributed by atoms with Crippen LogP contribution in [0.4, 0.5) is 0 Å². The van der Waals surface area contributed by atoms with E-state index in [9.17, 15) is 18.0 Å². The lowest BCUT2D eigenvalue weighted by Crippen LogP contribution is -2.27. The number of carbonyl (C=O) groups is 2. The van der Waals surface area contributed by atoms with Gasteiger partial charge in [0.25, 0.3) is 0 Å². The van der Waals surface area contributed by atoms with Gasteiger partial charge in [-0.15, -0.1) is 0 Å². The molecule has 0 unspecified atom stereocenters. The SMILES string of the molecule is CCNC(=O)CCS(=O)(=O)CC(=O)O. The Bertz CT molecular complexity index is 308. The Labute approximate surface area is 82.2 Å². The fraction of sp³-hybridized carbons (Fsp3) is 0.714. The van der Waals surface area contributed by atoms with E-state index in [4.69, 9.17) is 5.11 Å². The summed E-state index contributed by atoms with van der Waals surface area (Å²) in [5.41, 5.74) is 0. The van der Waals surface area contributed by atoms with Gasteiger partial charge >= 0.3 is 5.97 Å². The van der Waals surface area contributed by atoms with Crippen LogP contribution in [-0.4, -0.2) is 43.5 Å². The summed E-state index contributed by atoms with van der Waals surface area (Å²) in [5, 5.41) is 10.7. The maximum Gasteiger partial charge on any atom is 0.318 e. The number of nitrogens with one attached hydrogen (secondary N) is 1. The molecule has 0 aromatic heterocycles. The molecule has 6 nitrogen and oxygen atoms in total. The van der Waals surface area contributed by atoms with Crippen LogP contribution in [0.3, 0.4) is 0 Å². The number of rotatable bonds is 6. The van der Waals surface area contributed by atoms with Crippen LogP contribution in [0.5, 0.6) is 0 Å². The van der Waals surface area contributed by atoms with Crippen molar-refractivity contribution in [2.75, 3.05) is 18.1 Å². The normalized spacial score (nSPS) is 10.9. The lowest BCUT2D eigenvalue weighted by atomic mass is 10.4. The summed E-state index contributed by atoms with van der Waals surface area (Å²) in [4.78, 5) is 21.0. The van der Waals surface area contributed by atoms with Crippen molar-refractivity contribution in [1.82, 2.24) is 5.32 Å². The van der Waals surface area contributed by atoms with Gasteiger partial charge < -0.3 is 10.4 Å². The predicted octanol–water partition coefficient (Wildman–Crippen LogP) is -0.988. The number of hydrogen-bond acceptors (Lipinski definition) is 4. The summed E-state index contributed by atoms with van der Waals surface area (Å²) in [5.74, 6) is -3.14.